The van der Waals surface area contributed by atoms with Gasteiger partial charge in [0.25, 0.3) is 16.6 Å². The Morgan fingerprint density at radius 2 is 1.69 bits per heavy atom. The second-order valence-electron chi connectivity index (χ2n) is 16.7. The highest BCUT2D eigenvalue weighted by molar-refractivity contribution is 7.85. The van der Waals surface area contributed by atoms with Crippen molar-refractivity contribution >= 4 is 51.2 Å². The maximum Gasteiger partial charge on any atom is 0.294 e. The average Bonchev–Trinajstić information content (AvgIpc) is 3.53. The van der Waals surface area contributed by atoms with Crippen LogP contribution in [0, 0.1) is 0 Å². The lowest BCUT2D eigenvalue weighted by atomic mass is 9.81. The maximum atomic E-state index is 12.4. The van der Waals surface area contributed by atoms with E-state index in [0.29, 0.717) is 45.2 Å². The third-order valence-corrected chi connectivity index (χ3v) is 13.0. The molecule has 2 aliphatic heterocycles. The normalized spacial score (nSPS) is 19.3. The van der Waals surface area contributed by atoms with Gasteiger partial charge in [-0.15, -0.1) is 0 Å². The molecule has 2 aromatic rings. The molecule has 0 fully saturated rings. The van der Waals surface area contributed by atoms with Crippen LogP contribution in [0.1, 0.15) is 116 Å². The summed E-state index contributed by atoms with van der Waals surface area (Å²) in [7, 11) is -4.00. The number of hydrogen-bond donors (Lipinski definition) is 3. The standard InChI is InChI=1S/C46H61ClN4O6S/c1-45(2)36-19-7-9-21-38(36)50(30-13-5-6-24-43(53)49-29-12-11-23-42(48)57-33-52)40(45)27-25-34-17-16-18-35(44(34)47)26-28-41-46(3,4)37-20-8-10-22-39(37)51(41)31-14-15-32-58(54,55)56/h7-10,19-22,25-28,33,42H,5-6,11-18,23-24,29-32,48H2,1-4H3,(H-,49,53,54,55,56)/p+1. The molecule has 0 spiro atoms. The number of para-hydroxylation sites is 2. The Balaban J connectivity index is 1.28. The number of carbonyl (C=O) groups excluding carboxylic acids is 2. The second kappa shape index (κ2) is 20.3. The van der Waals surface area contributed by atoms with Gasteiger partial charge in [0, 0.05) is 65.5 Å². The number of carbonyl (C=O) groups is 2. The molecule has 3 aliphatic rings. The average molecular weight is 835 g/mol. The first-order chi connectivity index (χ1) is 27.6. The number of fused-ring (bicyclic) bond motifs is 2. The van der Waals surface area contributed by atoms with Crippen molar-refractivity contribution in [2.75, 3.05) is 30.3 Å². The fourth-order valence-electron chi connectivity index (χ4n) is 8.54. The Morgan fingerprint density at radius 1 is 0.948 bits per heavy atom. The van der Waals surface area contributed by atoms with E-state index in [2.05, 4.69) is 109 Å². The molecule has 1 unspecified atom stereocenters. The van der Waals surface area contributed by atoms with Crippen molar-refractivity contribution in [2.45, 2.75) is 122 Å². The zero-order valence-corrected chi connectivity index (χ0v) is 36.2. The van der Waals surface area contributed by atoms with E-state index in [1.165, 1.54) is 22.5 Å². The van der Waals surface area contributed by atoms with Crippen LogP contribution in [-0.2, 0) is 35.3 Å². The molecule has 314 valence electrons. The smallest absolute Gasteiger partial charge is 0.294 e. The lowest BCUT2D eigenvalue weighted by Gasteiger charge is -2.27. The van der Waals surface area contributed by atoms with Gasteiger partial charge in [-0.3, -0.25) is 19.9 Å². The molecule has 0 saturated carbocycles. The van der Waals surface area contributed by atoms with E-state index in [9.17, 15) is 22.6 Å². The van der Waals surface area contributed by atoms with Crippen molar-refractivity contribution in [2.24, 2.45) is 5.73 Å². The number of unbranched alkanes of at least 4 members (excludes halogenated alkanes) is 4. The van der Waals surface area contributed by atoms with Gasteiger partial charge < -0.3 is 15.0 Å². The summed E-state index contributed by atoms with van der Waals surface area (Å²) >= 11 is 7.23. The number of nitrogens with zero attached hydrogens (tertiary/aromatic N) is 2. The van der Waals surface area contributed by atoms with Crippen LogP contribution in [-0.4, -0.2) is 67.3 Å². The fourth-order valence-corrected chi connectivity index (χ4v) is 9.43. The summed E-state index contributed by atoms with van der Waals surface area (Å²) in [5, 5.41) is 3.78. The molecule has 10 nitrogen and oxygen atoms in total. The number of ether oxygens (including phenoxy) is 1. The molecular formula is C46H62ClN4O6S+. The topological polar surface area (TPSA) is 142 Å². The summed E-state index contributed by atoms with van der Waals surface area (Å²) in [5.41, 5.74) is 14.7. The van der Waals surface area contributed by atoms with Gasteiger partial charge in [-0.05, 0) is 107 Å². The molecular weight excluding hydrogens is 772 g/mol. The van der Waals surface area contributed by atoms with Gasteiger partial charge >= 0.3 is 0 Å². The number of halogens is 1. The minimum Gasteiger partial charge on any atom is -0.449 e. The summed E-state index contributed by atoms with van der Waals surface area (Å²) in [4.78, 5) is 25.1. The maximum absolute atomic E-state index is 12.4. The third kappa shape index (κ3) is 11.4. The quantitative estimate of drug-likeness (QED) is 0.0373. The van der Waals surface area contributed by atoms with E-state index in [4.69, 9.17) is 22.1 Å². The van der Waals surface area contributed by atoms with Crippen molar-refractivity contribution in [1.82, 2.24) is 5.32 Å². The predicted octanol–water partition coefficient (Wildman–Crippen LogP) is 8.88. The Hall–Kier alpha value is -4.03. The van der Waals surface area contributed by atoms with Gasteiger partial charge in [-0.2, -0.15) is 13.0 Å². The first-order valence-corrected chi connectivity index (χ1v) is 22.8. The van der Waals surface area contributed by atoms with E-state index < -0.39 is 16.3 Å². The van der Waals surface area contributed by atoms with Crippen molar-refractivity contribution in [3.8, 4) is 0 Å². The van der Waals surface area contributed by atoms with E-state index in [-0.39, 0.29) is 22.5 Å². The molecule has 1 aliphatic carbocycles. The van der Waals surface area contributed by atoms with Crippen molar-refractivity contribution in [3.63, 3.8) is 0 Å². The lowest BCUT2D eigenvalue weighted by molar-refractivity contribution is -0.438. The van der Waals surface area contributed by atoms with Crippen LogP contribution in [0.5, 0.6) is 0 Å². The highest BCUT2D eigenvalue weighted by Crippen LogP contribution is 2.48. The van der Waals surface area contributed by atoms with Gasteiger partial charge in [-0.25, -0.2) is 0 Å². The van der Waals surface area contributed by atoms with Gasteiger partial charge in [0.1, 0.15) is 6.54 Å². The van der Waals surface area contributed by atoms with E-state index >= 15 is 0 Å². The number of amides is 1. The van der Waals surface area contributed by atoms with Crippen molar-refractivity contribution in [1.29, 1.82) is 0 Å². The van der Waals surface area contributed by atoms with Crippen LogP contribution in [0.3, 0.4) is 0 Å². The molecule has 5 rings (SSSR count). The monoisotopic (exact) mass is 833 g/mol. The molecule has 12 heteroatoms. The largest absolute Gasteiger partial charge is 0.449 e. The number of rotatable bonds is 21. The molecule has 0 saturated heterocycles. The molecule has 1 atom stereocenters. The van der Waals surface area contributed by atoms with Crippen molar-refractivity contribution in [3.05, 3.63) is 106 Å². The lowest BCUT2D eigenvalue weighted by Crippen LogP contribution is -2.28. The third-order valence-electron chi connectivity index (χ3n) is 11.7. The number of anilines is 1. The number of hydrogen-bond acceptors (Lipinski definition) is 7. The highest BCUT2D eigenvalue weighted by Gasteiger charge is 2.44. The molecule has 58 heavy (non-hydrogen) atoms. The molecule has 0 bridgehead atoms. The first kappa shape index (κ1) is 45.1. The summed E-state index contributed by atoms with van der Waals surface area (Å²) in [5.74, 6) is -0.185. The summed E-state index contributed by atoms with van der Waals surface area (Å²) in [6.45, 7) is 11.4. The van der Waals surface area contributed by atoms with E-state index in [1.807, 2.05) is 6.07 Å². The molecule has 1 amide bonds. The SMILES string of the molecule is CC1(C)C(/C=C/C2=C(Cl)C(=C/C=C3/N(CCCCS(=O)(=O)O)c4ccccc4C3(C)C)/CCC2)=[N+](CCCCCC(=O)NCCCCC(N)OC=O)c2ccccc21. The van der Waals surface area contributed by atoms with Gasteiger partial charge in [0.2, 0.25) is 11.6 Å². The first-order valence-electron chi connectivity index (χ1n) is 20.8. The molecule has 4 N–H and O–H groups in total. The van der Waals surface area contributed by atoms with Crippen LogP contribution in [0.25, 0.3) is 0 Å². The Bertz CT molecular complexity index is 2070. The predicted molar refractivity (Wildman–Crippen MR) is 234 cm³/mol. The molecule has 0 aromatic heterocycles. The van der Waals surface area contributed by atoms with Crippen molar-refractivity contribution < 1.29 is 31.9 Å². The Labute approximate surface area is 350 Å². The summed E-state index contributed by atoms with van der Waals surface area (Å²) in [6.07, 6.45) is 17.3. The number of allylic oxidation sites excluding steroid dienone is 8. The fraction of sp³-hybridized carbons (Fsp3) is 0.500. The van der Waals surface area contributed by atoms with Gasteiger partial charge in [0.05, 0.1) is 11.2 Å². The van der Waals surface area contributed by atoms with Crippen LogP contribution in [0.2, 0.25) is 0 Å². The number of benzene rings is 2. The zero-order chi connectivity index (χ0) is 41.9. The zero-order valence-electron chi connectivity index (χ0n) is 34.6. The van der Waals surface area contributed by atoms with Crippen LogP contribution < -0.4 is 16.0 Å². The minimum absolute atomic E-state index is 0.0571. The number of nitrogens with two attached hydrogens (primary N) is 1. The highest BCUT2D eigenvalue weighted by atomic mass is 35.5. The Morgan fingerprint density at radius 3 is 2.45 bits per heavy atom. The van der Waals surface area contributed by atoms with Crippen LogP contribution >= 0.6 is 11.6 Å². The second-order valence-corrected chi connectivity index (χ2v) is 18.6. The molecule has 2 heterocycles. The minimum atomic E-state index is -4.00. The van der Waals surface area contributed by atoms with Gasteiger partial charge in [-0.1, -0.05) is 74.0 Å². The van der Waals surface area contributed by atoms with E-state index in [1.54, 1.807) is 0 Å². The van der Waals surface area contributed by atoms with Gasteiger partial charge in [0.15, 0.2) is 11.9 Å². The molecule has 0 radical (unpaired) electrons. The van der Waals surface area contributed by atoms with Crippen LogP contribution in [0.15, 0.2) is 94.7 Å². The van der Waals surface area contributed by atoms with E-state index in [0.717, 1.165) is 85.5 Å². The molecule has 2 aromatic carbocycles. The Kier molecular flexibility index (Phi) is 15.8. The van der Waals surface area contributed by atoms with Crippen LogP contribution in [0.4, 0.5) is 11.4 Å². The number of nitrogens with one attached hydrogen (secondary N) is 1. The summed E-state index contributed by atoms with van der Waals surface area (Å²) in [6, 6.07) is 17.0. The summed E-state index contributed by atoms with van der Waals surface area (Å²) < 4.78 is 39.1.